The van der Waals surface area contributed by atoms with Crippen LogP contribution in [0.3, 0.4) is 0 Å². The van der Waals surface area contributed by atoms with Crippen LogP contribution in [-0.4, -0.2) is 4.57 Å². The first kappa shape index (κ1) is 11.9. The minimum Gasteiger partial charge on any atom is -0.285 e. The topological polar surface area (TPSA) is 28.8 Å². The summed E-state index contributed by atoms with van der Waals surface area (Å²) in [6, 6.07) is 18.4. The number of para-hydroxylation sites is 1. The van der Waals surface area contributed by atoms with Crippen LogP contribution in [0.2, 0.25) is 0 Å². The summed E-state index contributed by atoms with van der Waals surface area (Å²) >= 11 is 1.46. The molecule has 94 valence electrons. The summed E-state index contributed by atoms with van der Waals surface area (Å²) in [7, 11) is 0. The van der Waals surface area contributed by atoms with E-state index in [1.807, 2.05) is 40.3 Å². The van der Waals surface area contributed by atoms with Crippen molar-refractivity contribution in [1.29, 1.82) is 5.41 Å². The third-order valence-electron chi connectivity index (χ3n) is 3.15. The van der Waals surface area contributed by atoms with E-state index in [1.165, 1.54) is 16.9 Å². The van der Waals surface area contributed by atoms with Gasteiger partial charge >= 0.3 is 0 Å². The fourth-order valence-electron chi connectivity index (χ4n) is 2.19. The normalized spacial score (nSPS) is 10.6. The molecule has 0 aliphatic carbocycles. The van der Waals surface area contributed by atoms with Crippen molar-refractivity contribution in [2.75, 3.05) is 0 Å². The lowest BCUT2D eigenvalue weighted by atomic mass is 10.1. The second kappa shape index (κ2) is 4.86. The lowest BCUT2D eigenvalue weighted by Crippen LogP contribution is -2.13. The molecule has 0 fully saturated rings. The maximum Gasteiger partial charge on any atom is 0.187 e. The number of nitrogens with one attached hydrogen (secondary N) is 1. The Hall–Kier alpha value is -2.13. The predicted molar refractivity (Wildman–Crippen MR) is 79.7 cm³/mol. The lowest BCUT2D eigenvalue weighted by molar-refractivity contribution is 0.976. The Bertz CT molecular complexity index is 754. The second-order valence-corrected chi connectivity index (χ2v) is 5.27. The van der Waals surface area contributed by atoms with Gasteiger partial charge in [-0.25, -0.2) is 0 Å². The molecule has 1 aromatic heterocycles. The molecule has 0 bridgehead atoms. The van der Waals surface area contributed by atoms with E-state index in [0.29, 0.717) is 4.80 Å². The molecule has 0 atom stereocenters. The molecule has 19 heavy (non-hydrogen) atoms. The molecular weight excluding hydrogens is 252 g/mol. The summed E-state index contributed by atoms with van der Waals surface area (Å²) in [5.41, 5.74) is 4.47. The summed E-state index contributed by atoms with van der Waals surface area (Å²) in [6.45, 7) is 2.08. The number of benzene rings is 2. The summed E-state index contributed by atoms with van der Waals surface area (Å²) in [5, 5.41) is 10.2. The summed E-state index contributed by atoms with van der Waals surface area (Å²) < 4.78 is 2.01. The van der Waals surface area contributed by atoms with E-state index in [2.05, 4.69) is 31.2 Å². The summed E-state index contributed by atoms with van der Waals surface area (Å²) in [6.07, 6.45) is 0. The maximum absolute atomic E-state index is 8.16. The predicted octanol–water partition coefficient (Wildman–Crippen LogP) is 3.99. The van der Waals surface area contributed by atoms with Crippen LogP contribution in [0, 0.1) is 12.3 Å². The highest BCUT2D eigenvalue weighted by Gasteiger charge is 2.10. The number of thiazole rings is 1. The van der Waals surface area contributed by atoms with Crippen molar-refractivity contribution in [1.82, 2.24) is 4.57 Å². The fourth-order valence-corrected chi connectivity index (χ4v) is 2.95. The Morgan fingerprint density at radius 2 is 1.63 bits per heavy atom. The minimum atomic E-state index is 0.549. The van der Waals surface area contributed by atoms with Gasteiger partial charge in [-0.05, 0) is 24.1 Å². The Labute approximate surface area is 116 Å². The number of nitrogens with zero attached hydrogens (tertiary/aromatic N) is 1. The Morgan fingerprint density at radius 1 is 0.947 bits per heavy atom. The van der Waals surface area contributed by atoms with Gasteiger partial charge in [-0.2, -0.15) is 0 Å². The van der Waals surface area contributed by atoms with Crippen molar-refractivity contribution >= 4 is 11.3 Å². The van der Waals surface area contributed by atoms with Crippen molar-refractivity contribution in [3.63, 3.8) is 0 Å². The molecule has 0 unspecified atom stereocenters. The van der Waals surface area contributed by atoms with E-state index in [1.54, 1.807) is 0 Å². The number of aryl methyl sites for hydroxylation is 1. The number of rotatable bonds is 2. The highest BCUT2D eigenvalue weighted by molar-refractivity contribution is 7.07. The first-order valence-corrected chi connectivity index (χ1v) is 7.02. The maximum atomic E-state index is 8.16. The van der Waals surface area contributed by atoms with E-state index < -0.39 is 0 Å². The van der Waals surface area contributed by atoms with E-state index in [-0.39, 0.29) is 0 Å². The lowest BCUT2D eigenvalue weighted by Gasteiger charge is -2.11. The van der Waals surface area contributed by atoms with Crippen LogP contribution in [0.1, 0.15) is 5.56 Å². The largest absolute Gasteiger partial charge is 0.285 e. The fraction of sp³-hybridized carbons (Fsp3) is 0.0625. The van der Waals surface area contributed by atoms with Gasteiger partial charge in [0, 0.05) is 5.38 Å². The molecule has 3 aromatic rings. The molecule has 0 aliphatic heterocycles. The number of hydrogen-bond acceptors (Lipinski definition) is 2. The zero-order valence-corrected chi connectivity index (χ0v) is 11.4. The van der Waals surface area contributed by atoms with Gasteiger partial charge in [0.15, 0.2) is 4.80 Å². The quantitative estimate of drug-likeness (QED) is 0.726. The van der Waals surface area contributed by atoms with Gasteiger partial charge < -0.3 is 0 Å². The smallest absolute Gasteiger partial charge is 0.187 e. The molecule has 3 rings (SSSR count). The standard InChI is InChI=1S/C16H14N2S/c1-12-7-5-6-10-14(12)18-15(11-19-16(18)17)13-8-3-2-4-9-13/h2-11,17H,1H3. The van der Waals surface area contributed by atoms with Gasteiger partial charge in [-0.3, -0.25) is 9.98 Å². The van der Waals surface area contributed by atoms with Crippen LogP contribution < -0.4 is 4.80 Å². The molecule has 1 heterocycles. The first-order chi connectivity index (χ1) is 9.27. The number of aromatic nitrogens is 1. The van der Waals surface area contributed by atoms with Crippen molar-refractivity contribution in [3.05, 3.63) is 70.3 Å². The van der Waals surface area contributed by atoms with E-state index in [4.69, 9.17) is 5.41 Å². The van der Waals surface area contributed by atoms with Gasteiger partial charge in [0.2, 0.25) is 0 Å². The van der Waals surface area contributed by atoms with Crippen LogP contribution in [0.15, 0.2) is 60.0 Å². The minimum absolute atomic E-state index is 0.549. The Morgan fingerprint density at radius 3 is 2.37 bits per heavy atom. The van der Waals surface area contributed by atoms with Crippen molar-refractivity contribution in [3.8, 4) is 16.9 Å². The zero-order valence-electron chi connectivity index (χ0n) is 10.6. The van der Waals surface area contributed by atoms with Gasteiger partial charge in [0.25, 0.3) is 0 Å². The molecule has 3 heteroatoms. The third-order valence-corrected chi connectivity index (χ3v) is 3.90. The van der Waals surface area contributed by atoms with Gasteiger partial charge in [0.1, 0.15) is 0 Å². The Kier molecular flexibility index (Phi) is 3.05. The molecule has 0 amide bonds. The molecule has 2 nitrogen and oxygen atoms in total. The van der Waals surface area contributed by atoms with E-state index >= 15 is 0 Å². The van der Waals surface area contributed by atoms with Gasteiger partial charge in [-0.1, -0.05) is 48.5 Å². The van der Waals surface area contributed by atoms with Crippen LogP contribution in [-0.2, 0) is 0 Å². The molecule has 1 N–H and O–H groups in total. The van der Waals surface area contributed by atoms with Crippen molar-refractivity contribution < 1.29 is 0 Å². The molecule has 0 spiro atoms. The van der Waals surface area contributed by atoms with Crippen LogP contribution in [0.4, 0.5) is 0 Å². The molecule has 0 radical (unpaired) electrons. The SMILES string of the molecule is Cc1ccccc1-n1c(-c2ccccc2)csc1=N. The van der Waals surface area contributed by atoms with E-state index in [0.717, 1.165) is 16.9 Å². The van der Waals surface area contributed by atoms with Crippen LogP contribution in [0.5, 0.6) is 0 Å². The monoisotopic (exact) mass is 266 g/mol. The molecule has 0 saturated heterocycles. The molecule has 0 aliphatic rings. The zero-order chi connectivity index (χ0) is 13.2. The average molecular weight is 266 g/mol. The summed E-state index contributed by atoms with van der Waals surface area (Å²) in [5.74, 6) is 0. The average Bonchev–Trinajstić information content (AvgIpc) is 2.82. The molecule has 2 aromatic carbocycles. The van der Waals surface area contributed by atoms with Gasteiger partial charge in [-0.15, -0.1) is 11.3 Å². The first-order valence-electron chi connectivity index (χ1n) is 6.14. The highest BCUT2D eigenvalue weighted by atomic mass is 32.1. The third kappa shape index (κ3) is 2.13. The van der Waals surface area contributed by atoms with Crippen LogP contribution in [0.25, 0.3) is 16.9 Å². The second-order valence-electron chi connectivity index (χ2n) is 4.41. The number of hydrogen-bond donors (Lipinski definition) is 1. The van der Waals surface area contributed by atoms with Gasteiger partial charge in [0.05, 0.1) is 11.4 Å². The van der Waals surface area contributed by atoms with Crippen molar-refractivity contribution in [2.45, 2.75) is 6.92 Å². The highest BCUT2D eigenvalue weighted by Crippen LogP contribution is 2.24. The Balaban J connectivity index is 2.26. The van der Waals surface area contributed by atoms with E-state index in [9.17, 15) is 0 Å². The molecule has 0 saturated carbocycles. The van der Waals surface area contributed by atoms with Crippen molar-refractivity contribution in [2.24, 2.45) is 0 Å². The van der Waals surface area contributed by atoms with Crippen LogP contribution >= 0.6 is 11.3 Å². The molecular formula is C16H14N2S. The summed E-state index contributed by atoms with van der Waals surface area (Å²) in [4.78, 5) is 0.549.